The van der Waals surface area contributed by atoms with Crippen molar-refractivity contribution in [2.24, 2.45) is 0 Å². The van der Waals surface area contributed by atoms with Crippen molar-refractivity contribution in [2.45, 2.75) is 32.2 Å². The van der Waals surface area contributed by atoms with E-state index >= 15 is 0 Å². The molecule has 7 nitrogen and oxygen atoms in total. The number of nitrogens with zero attached hydrogens (tertiary/aromatic N) is 1. The van der Waals surface area contributed by atoms with Crippen molar-refractivity contribution in [1.82, 2.24) is 9.62 Å². The lowest BCUT2D eigenvalue weighted by Crippen LogP contribution is -2.30. The number of hydrogen-bond acceptors (Lipinski definition) is 5. The number of hydrogen-bond donors (Lipinski definition) is 2. The lowest BCUT2D eigenvalue weighted by molar-refractivity contribution is -0.114. The molecule has 0 fully saturated rings. The Kier molecular flexibility index (Phi) is 7.11. The molecule has 0 bridgehead atoms. The van der Waals surface area contributed by atoms with Crippen LogP contribution in [0.15, 0.2) is 41.3 Å². The molecule has 1 aromatic carbocycles. The van der Waals surface area contributed by atoms with Gasteiger partial charge in [-0.05, 0) is 29.8 Å². The summed E-state index contributed by atoms with van der Waals surface area (Å²) in [5.74, 6) is -0.444. The summed E-state index contributed by atoms with van der Waals surface area (Å²) in [4.78, 5) is 23.9. The molecule has 1 aromatic heterocycles. The summed E-state index contributed by atoms with van der Waals surface area (Å²) < 4.78 is 26.3. The lowest BCUT2D eigenvalue weighted by atomic mass is 10.2. The Balaban J connectivity index is 1.99. The van der Waals surface area contributed by atoms with Crippen LogP contribution in [0.3, 0.4) is 0 Å². The maximum Gasteiger partial charge on any atom is 0.261 e. The highest BCUT2D eigenvalue weighted by Gasteiger charge is 2.21. The van der Waals surface area contributed by atoms with Gasteiger partial charge in [0.1, 0.15) is 0 Å². The number of carbonyl (C=O) groups excluding carboxylic acids is 2. The van der Waals surface area contributed by atoms with Gasteiger partial charge in [-0.2, -0.15) is 4.31 Å². The van der Waals surface area contributed by atoms with E-state index in [4.69, 9.17) is 0 Å². The number of nitrogens with one attached hydrogen (secondary N) is 2. The van der Waals surface area contributed by atoms with E-state index in [2.05, 4.69) is 10.6 Å². The first-order valence-corrected chi connectivity index (χ1v) is 10.8. The topological polar surface area (TPSA) is 95.6 Å². The van der Waals surface area contributed by atoms with Crippen LogP contribution >= 0.6 is 11.3 Å². The van der Waals surface area contributed by atoms with Crippen molar-refractivity contribution in [3.8, 4) is 0 Å². The number of rotatable bonds is 8. The Hall–Kier alpha value is -2.23. The van der Waals surface area contributed by atoms with Gasteiger partial charge in [0.05, 0.1) is 14.8 Å². The molecule has 0 saturated carbocycles. The fourth-order valence-electron chi connectivity index (χ4n) is 2.46. The molecule has 0 aliphatic rings. The molecule has 27 heavy (non-hydrogen) atoms. The first kappa shape index (κ1) is 21.1. The molecule has 0 aliphatic carbocycles. The van der Waals surface area contributed by atoms with E-state index in [1.54, 1.807) is 50.2 Å². The van der Waals surface area contributed by atoms with Gasteiger partial charge in [0.25, 0.3) is 5.91 Å². The second-order valence-corrected chi connectivity index (χ2v) is 8.78. The number of carbonyl (C=O) groups is 2. The van der Waals surface area contributed by atoms with Crippen LogP contribution in [0.5, 0.6) is 0 Å². The van der Waals surface area contributed by atoms with Gasteiger partial charge < -0.3 is 10.6 Å². The van der Waals surface area contributed by atoms with E-state index in [9.17, 15) is 18.0 Å². The summed E-state index contributed by atoms with van der Waals surface area (Å²) in [6.45, 7) is 6.11. The fourth-order valence-corrected chi connectivity index (χ4v) is 4.79. The largest absolute Gasteiger partial charge is 0.347 e. The van der Waals surface area contributed by atoms with E-state index in [0.717, 1.165) is 5.56 Å². The molecule has 0 saturated heterocycles. The maximum absolute atomic E-state index is 12.5. The summed E-state index contributed by atoms with van der Waals surface area (Å²) in [7, 11) is -3.49. The number of anilines is 1. The Morgan fingerprint density at radius 3 is 2.22 bits per heavy atom. The molecule has 0 atom stereocenters. The summed E-state index contributed by atoms with van der Waals surface area (Å²) >= 11 is 1.19. The average Bonchev–Trinajstić information content (AvgIpc) is 3.08. The Labute approximate surface area is 163 Å². The Bertz CT molecular complexity index is 901. The molecule has 146 valence electrons. The van der Waals surface area contributed by atoms with Crippen LogP contribution < -0.4 is 10.6 Å². The third-order valence-electron chi connectivity index (χ3n) is 3.85. The second-order valence-electron chi connectivity index (χ2n) is 5.76. The number of benzene rings is 1. The van der Waals surface area contributed by atoms with Crippen molar-refractivity contribution in [2.75, 3.05) is 18.4 Å². The lowest BCUT2D eigenvalue weighted by Gasteiger charge is -2.18. The monoisotopic (exact) mass is 409 g/mol. The minimum Gasteiger partial charge on any atom is -0.347 e. The van der Waals surface area contributed by atoms with E-state index in [1.807, 2.05) is 0 Å². The van der Waals surface area contributed by atoms with Crippen molar-refractivity contribution < 1.29 is 18.0 Å². The van der Waals surface area contributed by atoms with E-state index < -0.39 is 10.0 Å². The SMILES string of the molecule is CCN(CC)S(=O)(=O)c1ccc(CNC(=O)c2ccc(NC(C)=O)s2)cc1. The van der Waals surface area contributed by atoms with Gasteiger partial charge in [-0.25, -0.2) is 8.42 Å². The standard InChI is InChI=1S/C18H23N3O4S2/c1-4-21(5-2)27(24,25)15-8-6-14(7-9-15)12-19-18(23)16-10-11-17(26-16)20-13(3)22/h6-11H,4-5,12H2,1-3H3,(H,19,23)(H,20,22). The summed E-state index contributed by atoms with van der Waals surface area (Å²) in [6.07, 6.45) is 0. The highest BCUT2D eigenvalue weighted by atomic mass is 32.2. The van der Waals surface area contributed by atoms with Crippen molar-refractivity contribution in [1.29, 1.82) is 0 Å². The van der Waals surface area contributed by atoms with Crippen LogP contribution in [0, 0.1) is 0 Å². The number of sulfonamides is 1. The van der Waals surface area contributed by atoms with Gasteiger partial charge in [0, 0.05) is 26.6 Å². The van der Waals surface area contributed by atoms with E-state index in [-0.39, 0.29) is 23.3 Å². The summed E-state index contributed by atoms with van der Waals surface area (Å²) in [5.41, 5.74) is 0.792. The molecule has 2 N–H and O–H groups in total. The molecule has 0 unspecified atom stereocenters. The van der Waals surface area contributed by atoms with Crippen molar-refractivity contribution >= 4 is 38.2 Å². The average molecular weight is 410 g/mol. The third kappa shape index (κ3) is 5.38. The molecule has 1 heterocycles. The normalized spacial score (nSPS) is 11.4. The Morgan fingerprint density at radius 1 is 1.04 bits per heavy atom. The van der Waals surface area contributed by atoms with Crippen LogP contribution in [0.2, 0.25) is 0 Å². The minimum absolute atomic E-state index is 0.191. The molecule has 0 spiro atoms. The molecule has 2 aromatic rings. The van der Waals surface area contributed by atoms with Crippen molar-refractivity contribution in [3.05, 3.63) is 46.8 Å². The van der Waals surface area contributed by atoms with Crippen LogP contribution in [-0.2, 0) is 21.4 Å². The highest BCUT2D eigenvalue weighted by molar-refractivity contribution is 7.89. The Morgan fingerprint density at radius 2 is 1.67 bits per heavy atom. The quantitative estimate of drug-likeness (QED) is 0.701. The smallest absolute Gasteiger partial charge is 0.261 e. The van der Waals surface area contributed by atoms with Crippen LogP contribution in [0.4, 0.5) is 5.00 Å². The van der Waals surface area contributed by atoms with Gasteiger partial charge in [-0.3, -0.25) is 9.59 Å². The van der Waals surface area contributed by atoms with Gasteiger partial charge in [-0.1, -0.05) is 26.0 Å². The van der Waals surface area contributed by atoms with Crippen molar-refractivity contribution in [3.63, 3.8) is 0 Å². The van der Waals surface area contributed by atoms with Gasteiger partial charge in [-0.15, -0.1) is 11.3 Å². The van der Waals surface area contributed by atoms with Gasteiger partial charge >= 0.3 is 0 Å². The van der Waals surface area contributed by atoms with Crippen LogP contribution in [-0.4, -0.2) is 37.6 Å². The minimum atomic E-state index is -3.49. The molecule has 2 amide bonds. The summed E-state index contributed by atoms with van der Waals surface area (Å²) in [6, 6.07) is 9.80. The fraction of sp³-hybridized carbons (Fsp3) is 0.333. The first-order valence-electron chi connectivity index (χ1n) is 8.52. The summed E-state index contributed by atoms with van der Waals surface area (Å²) in [5, 5.41) is 6.03. The second kappa shape index (κ2) is 9.12. The van der Waals surface area contributed by atoms with E-state index in [0.29, 0.717) is 23.0 Å². The van der Waals surface area contributed by atoms with Crippen LogP contribution in [0.25, 0.3) is 0 Å². The van der Waals surface area contributed by atoms with Crippen LogP contribution in [0.1, 0.15) is 36.0 Å². The molecule has 9 heteroatoms. The van der Waals surface area contributed by atoms with Gasteiger partial charge in [0.2, 0.25) is 15.9 Å². The zero-order valence-electron chi connectivity index (χ0n) is 15.5. The predicted octanol–water partition coefficient (Wildman–Crippen LogP) is 2.67. The first-order chi connectivity index (χ1) is 12.8. The van der Waals surface area contributed by atoms with E-state index in [1.165, 1.54) is 22.6 Å². The number of amides is 2. The molecule has 0 aliphatic heterocycles. The highest BCUT2D eigenvalue weighted by Crippen LogP contribution is 2.22. The number of thiophene rings is 1. The predicted molar refractivity (Wildman–Crippen MR) is 106 cm³/mol. The third-order valence-corrected chi connectivity index (χ3v) is 6.91. The molecule has 2 rings (SSSR count). The molecular weight excluding hydrogens is 386 g/mol. The zero-order valence-corrected chi connectivity index (χ0v) is 17.1. The zero-order chi connectivity index (χ0) is 20.0. The van der Waals surface area contributed by atoms with Gasteiger partial charge in [0.15, 0.2) is 0 Å². The molecule has 0 radical (unpaired) electrons. The molecular formula is C18H23N3O4S2. The maximum atomic E-state index is 12.5.